The number of aliphatic hydroxyl groups is 2. The zero-order chi connectivity index (χ0) is 15.3. The van der Waals surface area contributed by atoms with Crippen LogP contribution in [0.25, 0.3) is 0 Å². The number of aliphatic hydroxyl groups excluding tert-OH is 2. The van der Waals surface area contributed by atoms with Gasteiger partial charge in [-0.2, -0.15) is 4.31 Å². The van der Waals surface area contributed by atoms with E-state index in [4.69, 9.17) is 10.2 Å². The van der Waals surface area contributed by atoms with Crippen LogP contribution in [-0.2, 0) is 14.8 Å². The first-order valence-corrected chi connectivity index (χ1v) is 7.29. The summed E-state index contributed by atoms with van der Waals surface area (Å²) >= 11 is 0. The predicted octanol–water partition coefficient (Wildman–Crippen LogP) is -0.576. The molecule has 20 heavy (non-hydrogen) atoms. The maximum atomic E-state index is 12.3. The third-order valence-corrected chi connectivity index (χ3v) is 4.42. The summed E-state index contributed by atoms with van der Waals surface area (Å²) in [6.45, 7) is -0.132. The number of carboxylic acid groups (broad SMARTS) is 1. The van der Waals surface area contributed by atoms with Gasteiger partial charge in [0.05, 0.1) is 17.6 Å². The zero-order valence-corrected chi connectivity index (χ0v) is 11.7. The minimum absolute atomic E-state index is 0.0607. The molecule has 0 bridgehead atoms. The van der Waals surface area contributed by atoms with Gasteiger partial charge >= 0.3 is 5.97 Å². The Bertz CT molecular complexity index is 554. The highest BCUT2D eigenvalue weighted by Gasteiger charge is 2.28. The van der Waals surface area contributed by atoms with E-state index in [1.807, 2.05) is 0 Å². The smallest absolute Gasteiger partial charge is 0.318 e. The van der Waals surface area contributed by atoms with E-state index in [0.717, 1.165) is 5.56 Å². The van der Waals surface area contributed by atoms with Crippen LogP contribution in [0.1, 0.15) is 5.56 Å². The van der Waals surface area contributed by atoms with Gasteiger partial charge in [-0.05, 0) is 19.1 Å². The lowest BCUT2D eigenvalue weighted by Gasteiger charge is -2.22. The third-order valence-electron chi connectivity index (χ3n) is 2.60. The summed E-state index contributed by atoms with van der Waals surface area (Å²) in [5.41, 5.74) is 0.865. The second-order valence-electron chi connectivity index (χ2n) is 4.34. The first-order chi connectivity index (χ1) is 9.27. The standard InChI is InChI=1S/C12H17NO6S/c1-9-2-4-11(5-3-9)20(18,19)13(7-12(16)17)6-10(15)8-14/h2-5,10,14-15H,6-8H2,1H3,(H,16,17). The summed E-state index contributed by atoms with van der Waals surface area (Å²) in [4.78, 5) is 10.7. The summed E-state index contributed by atoms with van der Waals surface area (Å²) in [6, 6.07) is 5.91. The van der Waals surface area contributed by atoms with Gasteiger partial charge in [-0.25, -0.2) is 8.42 Å². The minimum atomic E-state index is -4.04. The zero-order valence-electron chi connectivity index (χ0n) is 10.9. The Kier molecular flexibility index (Phi) is 5.63. The van der Waals surface area contributed by atoms with Gasteiger partial charge in [0.25, 0.3) is 0 Å². The second-order valence-corrected chi connectivity index (χ2v) is 6.28. The number of nitrogens with zero attached hydrogens (tertiary/aromatic N) is 1. The van der Waals surface area contributed by atoms with Gasteiger partial charge in [-0.3, -0.25) is 4.79 Å². The Hall–Kier alpha value is -1.48. The highest BCUT2D eigenvalue weighted by atomic mass is 32.2. The number of carbonyl (C=O) groups is 1. The molecule has 1 aromatic carbocycles. The summed E-state index contributed by atoms with van der Waals surface area (Å²) in [5, 5.41) is 26.9. The molecule has 1 aromatic rings. The molecule has 0 aliphatic carbocycles. The normalized spacial score (nSPS) is 13.4. The Balaban J connectivity index is 3.09. The van der Waals surface area contributed by atoms with Crippen LogP contribution in [0.2, 0.25) is 0 Å². The quantitative estimate of drug-likeness (QED) is 0.621. The fourth-order valence-corrected chi connectivity index (χ4v) is 2.98. The van der Waals surface area contributed by atoms with E-state index in [-0.39, 0.29) is 4.90 Å². The maximum Gasteiger partial charge on any atom is 0.318 e. The van der Waals surface area contributed by atoms with E-state index in [2.05, 4.69) is 0 Å². The average molecular weight is 303 g/mol. The highest BCUT2D eigenvalue weighted by Crippen LogP contribution is 2.16. The number of aryl methyl sites for hydroxylation is 1. The second kappa shape index (κ2) is 6.80. The molecule has 7 nitrogen and oxygen atoms in total. The van der Waals surface area contributed by atoms with Gasteiger partial charge in [-0.1, -0.05) is 17.7 Å². The molecule has 8 heteroatoms. The van der Waals surface area contributed by atoms with Crippen LogP contribution in [0.3, 0.4) is 0 Å². The molecule has 0 saturated heterocycles. The molecule has 1 atom stereocenters. The monoisotopic (exact) mass is 303 g/mol. The van der Waals surface area contributed by atoms with Crippen LogP contribution in [0.5, 0.6) is 0 Å². The van der Waals surface area contributed by atoms with Crippen molar-refractivity contribution >= 4 is 16.0 Å². The lowest BCUT2D eigenvalue weighted by Crippen LogP contribution is -2.41. The first kappa shape index (κ1) is 16.6. The minimum Gasteiger partial charge on any atom is -0.480 e. The maximum absolute atomic E-state index is 12.3. The topological polar surface area (TPSA) is 115 Å². The Morgan fingerprint density at radius 2 is 1.85 bits per heavy atom. The van der Waals surface area contributed by atoms with Crippen LogP contribution in [0.4, 0.5) is 0 Å². The van der Waals surface area contributed by atoms with Crippen LogP contribution in [-0.4, -0.2) is 59.8 Å². The first-order valence-electron chi connectivity index (χ1n) is 5.85. The van der Waals surface area contributed by atoms with E-state index in [9.17, 15) is 18.3 Å². The van der Waals surface area contributed by atoms with Crippen molar-refractivity contribution in [3.05, 3.63) is 29.8 Å². The number of carboxylic acids is 1. The van der Waals surface area contributed by atoms with Gasteiger partial charge in [0.2, 0.25) is 10.0 Å². The van der Waals surface area contributed by atoms with Gasteiger partial charge in [0.15, 0.2) is 0 Å². The van der Waals surface area contributed by atoms with Crippen LogP contribution < -0.4 is 0 Å². The Morgan fingerprint density at radius 1 is 1.30 bits per heavy atom. The number of rotatable bonds is 7. The van der Waals surface area contributed by atoms with Crippen molar-refractivity contribution < 1.29 is 28.5 Å². The predicted molar refractivity (Wildman–Crippen MR) is 70.7 cm³/mol. The van der Waals surface area contributed by atoms with Crippen molar-refractivity contribution in [1.82, 2.24) is 4.31 Å². The molecule has 0 aromatic heterocycles. The fraction of sp³-hybridized carbons (Fsp3) is 0.417. The lowest BCUT2D eigenvalue weighted by atomic mass is 10.2. The largest absolute Gasteiger partial charge is 0.480 e. The molecule has 0 aliphatic heterocycles. The van der Waals surface area contributed by atoms with Crippen molar-refractivity contribution in [3.8, 4) is 0 Å². The van der Waals surface area contributed by atoms with E-state index in [1.54, 1.807) is 19.1 Å². The van der Waals surface area contributed by atoms with Gasteiger partial charge in [0.1, 0.15) is 6.54 Å². The molecule has 1 rings (SSSR count). The number of hydrogen-bond acceptors (Lipinski definition) is 5. The molecular formula is C12H17NO6S. The van der Waals surface area contributed by atoms with Gasteiger partial charge in [-0.15, -0.1) is 0 Å². The van der Waals surface area contributed by atoms with Crippen molar-refractivity contribution in [2.75, 3.05) is 19.7 Å². The van der Waals surface area contributed by atoms with E-state index < -0.39 is 41.8 Å². The SMILES string of the molecule is Cc1ccc(S(=O)(=O)N(CC(=O)O)CC(O)CO)cc1. The molecule has 112 valence electrons. The fourth-order valence-electron chi connectivity index (χ4n) is 1.55. The van der Waals surface area contributed by atoms with E-state index >= 15 is 0 Å². The average Bonchev–Trinajstić information content (AvgIpc) is 2.37. The Labute approximate surface area is 117 Å². The summed E-state index contributed by atoms with van der Waals surface area (Å²) < 4.78 is 25.2. The number of sulfonamides is 1. The van der Waals surface area contributed by atoms with Crippen molar-refractivity contribution in [3.63, 3.8) is 0 Å². The lowest BCUT2D eigenvalue weighted by molar-refractivity contribution is -0.137. The highest BCUT2D eigenvalue weighted by molar-refractivity contribution is 7.89. The molecule has 0 amide bonds. The summed E-state index contributed by atoms with van der Waals surface area (Å²) in [7, 11) is -4.04. The number of benzene rings is 1. The third kappa shape index (κ3) is 4.27. The molecule has 0 aliphatic rings. The molecule has 3 N–H and O–H groups in total. The Morgan fingerprint density at radius 3 is 2.30 bits per heavy atom. The molecule has 0 radical (unpaired) electrons. The van der Waals surface area contributed by atoms with E-state index in [1.165, 1.54) is 12.1 Å². The molecule has 0 fully saturated rings. The van der Waals surface area contributed by atoms with Crippen molar-refractivity contribution in [2.45, 2.75) is 17.9 Å². The molecule has 0 heterocycles. The molecular weight excluding hydrogens is 286 g/mol. The van der Waals surface area contributed by atoms with E-state index in [0.29, 0.717) is 4.31 Å². The van der Waals surface area contributed by atoms with Crippen LogP contribution in [0.15, 0.2) is 29.2 Å². The van der Waals surface area contributed by atoms with Crippen LogP contribution in [0, 0.1) is 6.92 Å². The van der Waals surface area contributed by atoms with Crippen molar-refractivity contribution in [2.24, 2.45) is 0 Å². The van der Waals surface area contributed by atoms with Gasteiger partial charge < -0.3 is 15.3 Å². The molecule has 0 saturated carbocycles. The molecule has 1 unspecified atom stereocenters. The van der Waals surface area contributed by atoms with Crippen LogP contribution >= 0.6 is 0 Å². The summed E-state index contributed by atoms with van der Waals surface area (Å²) in [6.07, 6.45) is -1.34. The number of aliphatic carboxylic acids is 1. The summed E-state index contributed by atoms with van der Waals surface area (Å²) in [5.74, 6) is -1.34. The number of hydrogen-bond donors (Lipinski definition) is 3. The molecule has 0 spiro atoms. The van der Waals surface area contributed by atoms with Crippen molar-refractivity contribution in [1.29, 1.82) is 0 Å². The van der Waals surface area contributed by atoms with Gasteiger partial charge in [0, 0.05) is 6.54 Å².